The number of primary amides is 1. The van der Waals surface area contributed by atoms with Gasteiger partial charge in [0.15, 0.2) is 0 Å². The lowest BCUT2D eigenvalue weighted by Gasteiger charge is -2.24. The molecule has 0 bridgehead atoms. The Balaban J connectivity index is 2.32. The van der Waals surface area contributed by atoms with Gasteiger partial charge in [0.1, 0.15) is 0 Å². The number of rotatable bonds is 2. The number of nitrogens with zero attached hydrogens (tertiary/aromatic N) is 1. The number of hydrogen-bond donors (Lipinski definition) is 2. The fourth-order valence-electron chi connectivity index (χ4n) is 2.01. The van der Waals surface area contributed by atoms with Gasteiger partial charge in [0, 0.05) is 31.1 Å². The van der Waals surface area contributed by atoms with Crippen molar-refractivity contribution in [3.05, 3.63) is 23.8 Å². The van der Waals surface area contributed by atoms with Gasteiger partial charge >= 0.3 is 0 Å². The molecule has 1 heterocycles. The summed E-state index contributed by atoms with van der Waals surface area (Å²) in [4.78, 5) is 13.5. The summed E-state index contributed by atoms with van der Waals surface area (Å²) in [5, 5.41) is 0. The van der Waals surface area contributed by atoms with E-state index in [1.807, 2.05) is 6.07 Å². The molecule has 92 valence electrons. The van der Waals surface area contributed by atoms with Crippen molar-refractivity contribution in [1.29, 1.82) is 0 Å². The van der Waals surface area contributed by atoms with Crippen LogP contribution in [0.25, 0.3) is 0 Å². The lowest BCUT2D eigenvalue weighted by molar-refractivity contribution is 0.100. The highest BCUT2D eigenvalue weighted by atomic mass is 16.5. The molecule has 1 saturated heterocycles. The van der Waals surface area contributed by atoms with Crippen molar-refractivity contribution in [2.75, 3.05) is 36.9 Å². The summed E-state index contributed by atoms with van der Waals surface area (Å²) in [6.07, 6.45) is 0.947. The van der Waals surface area contributed by atoms with Crippen LogP contribution in [-0.2, 0) is 4.74 Å². The van der Waals surface area contributed by atoms with Crippen molar-refractivity contribution in [1.82, 2.24) is 0 Å². The van der Waals surface area contributed by atoms with E-state index in [-0.39, 0.29) is 0 Å². The van der Waals surface area contributed by atoms with Gasteiger partial charge in [0.2, 0.25) is 0 Å². The average Bonchev–Trinajstić information content (AvgIpc) is 2.57. The topological polar surface area (TPSA) is 81.6 Å². The molecule has 1 aliphatic rings. The van der Waals surface area contributed by atoms with Gasteiger partial charge in [-0.15, -0.1) is 0 Å². The van der Waals surface area contributed by atoms with Crippen LogP contribution >= 0.6 is 0 Å². The van der Waals surface area contributed by atoms with Gasteiger partial charge in [-0.2, -0.15) is 0 Å². The monoisotopic (exact) mass is 235 g/mol. The molecule has 2 rings (SSSR count). The number of amides is 1. The van der Waals surface area contributed by atoms with Crippen molar-refractivity contribution in [2.45, 2.75) is 6.42 Å². The highest BCUT2D eigenvalue weighted by Gasteiger charge is 2.16. The number of ether oxygens (including phenoxy) is 1. The van der Waals surface area contributed by atoms with E-state index in [1.165, 1.54) is 0 Å². The smallest absolute Gasteiger partial charge is 0.250 e. The van der Waals surface area contributed by atoms with Crippen LogP contribution in [0.2, 0.25) is 0 Å². The molecule has 0 unspecified atom stereocenters. The van der Waals surface area contributed by atoms with Crippen LogP contribution in [0.4, 0.5) is 11.4 Å². The molecule has 1 aromatic carbocycles. The molecular formula is C12H17N3O2. The predicted octanol–water partition coefficient (Wildman–Crippen LogP) is 0.594. The van der Waals surface area contributed by atoms with E-state index in [2.05, 4.69) is 4.90 Å². The van der Waals surface area contributed by atoms with Crippen LogP contribution in [0.3, 0.4) is 0 Å². The fraction of sp³-hybridized carbons (Fsp3) is 0.417. The first kappa shape index (κ1) is 11.7. The minimum atomic E-state index is -0.447. The zero-order valence-corrected chi connectivity index (χ0v) is 9.69. The fourth-order valence-corrected chi connectivity index (χ4v) is 2.01. The number of nitrogens with two attached hydrogens (primary N) is 2. The summed E-state index contributed by atoms with van der Waals surface area (Å²) < 4.78 is 5.39. The number of carbonyl (C=O) groups excluding carboxylic acids is 1. The number of carbonyl (C=O) groups is 1. The number of hydrogen-bond acceptors (Lipinski definition) is 4. The van der Waals surface area contributed by atoms with Gasteiger partial charge in [-0.3, -0.25) is 4.79 Å². The molecule has 4 N–H and O–H groups in total. The minimum absolute atomic E-state index is 0.447. The molecule has 1 aromatic rings. The molecule has 0 radical (unpaired) electrons. The van der Waals surface area contributed by atoms with Crippen LogP contribution in [0, 0.1) is 0 Å². The van der Waals surface area contributed by atoms with Crippen molar-refractivity contribution >= 4 is 17.3 Å². The van der Waals surface area contributed by atoms with Crippen LogP contribution in [0.15, 0.2) is 18.2 Å². The zero-order chi connectivity index (χ0) is 12.3. The third kappa shape index (κ3) is 2.68. The van der Waals surface area contributed by atoms with E-state index < -0.39 is 5.91 Å². The summed E-state index contributed by atoms with van der Waals surface area (Å²) in [7, 11) is 0. The van der Waals surface area contributed by atoms with E-state index in [0.29, 0.717) is 17.9 Å². The van der Waals surface area contributed by atoms with E-state index in [0.717, 1.165) is 31.8 Å². The number of nitrogen functional groups attached to an aromatic ring is 1. The Morgan fingerprint density at radius 3 is 2.88 bits per heavy atom. The Morgan fingerprint density at radius 1 is 1.29 bits per heavy atom. The van der Waals surface area contributed by atoms with E-state index in [4.69, 9.17) is 16.2 Å². The van der Waals surface area contributed by atoms with Gasteiger partial charge in [-0.1, -0.05) is 0 Å². The first-order valence-electron chi connectivity index (χ1n) is 5.70. The maximum absolute atomic E-state index is 11.4. The Kier molecular flexibility index (Phi) is 3.49. The molecule has 0 atom stereocenters. The van der Waals surface area contributed by atoms with Crippen molar-refractivity contribution in [3.63, 3.8) is 0 Å². The Hall–Kier alpha value is -1.75. The van der Waals surface area contributed by atoms with E-state index in [1.54, 1.807) is 12.1 Å². The number of anilines is 2. The second-order valence-electron chi connectivity index (χ2n) is 4.09. The Morgan fingerprint density at radius 2 is 2.12 bits per heavy atom. The van der Waals surface area contributed by atoms with Crippen molar-refractivity contribution in [2.24, 2.45) is 5.73 Å². The third-order valence-corrected chi connectivity index (χ3v) is 2.85. The largest absolute Gasteiger partial charge is 0.399 e. The normalized spacial score (nSPS) is 16.6. The van der Waals surface area contributed by atoms with Crippen LogP contribution < -0.4 is 16.4 Å². The lowest BCUT2D eigenvalue weighted by Crippen LogP contribution is -2.28. The zero-order valence-electron chi connectivity index (χ0n) is 9.69. The van der Waals surface area contributed by atoms with Crippen molar-refractivity contribution < 1.29 is 9.53 Å². The van der Waals surface area contributed by atoms with Crippen molar-refractivity contribution in [3.8, 4) is 0 Å². The second kappa shape index (κ2) is 5.05. The summed E-state index contributed by atoms with van der Waals surface area (Å²) in [5.41, 5.74) is 12.9. The molecule has 5 nitrogen and oxygen atoms in total. The molecule has 1 amide bonds. The average molecular weight is 235 g/mol. The van der Waals surface area contributed by atoms with Gasteiger partial charge in [-0.05, 0) is 24.6 Å². The van der Waals surface area contributed by atoms with Gasteiger partial charge in [0.05, 0.1) is 12.2 Å². The first-order chi connectivity index (χ1) is 8.18. The molecule has 1 aliphatic heterocycles. The molecule has 5 heteroatoms. The highest BCUT2D eigenvalue weighted by Crippen LogP contribution is 2.23. The molecule has 0 aromatic heterocycles. The van der Waals surface area contributed by atoms with Crippen LogP contribution in [-0.4, -0.2) is 32.2 Å². The molecule has 17 heavy (non-hydrogen) atoms. The summed E-state index contributed by atoms with van der Waals surface area (Å²) in [6.45, 7) is 3.06. The van der Waals surface area contributed by atoms with Crippen LogP contribution in [0.5, 0.6) is 0 Å². The first-order valence-corrected chi connectivity index (χ1v) is 5.70. The highest BCUT2D eigenvalue weighted by molar-refractivity contribution is 5.99. The minimum Gasteiger partial charge on any atom is -0.399 e. The third-order valence-electron chi connectivity index (χ3n) is 2.85. The SMILES string of the molecule is NC(=O)c1cc(N)ccc1N1CCCOCC1. The van der Waals surface area contributed by atoms with E-state index >= 15 is 0 Å². The molecule has 0 saturated carbocycles. The molecule has 0 aliphatic carbocycles. The van der Waals surface area contributed by atoms with Gasteiger partial charge in [0.25, 0.3) is 5.91 Å². The maximum Gasteiger partial charge on any atom is 0.250 e. The van der Waals surface area contributed by atoms with Crippen LogP contribution in [0.1, 0.15) is 16.8 Å². The van der Waals surface area contributed by atoms with Gasteiger partial charge in [-0.25, -0.2) is 0 Å². The molecular weight excluding hydrogens is 218 g/mol. The maximum atomic E-state index is 11.4. The molecule has 1 fully saturated rings. The summed E-state index contributed by atoms with van der Waals surface area (Å²) in [5.74, 6) is -0.447. The lowest BCUT2D eigenvalue weighted by atomic mass is 10.1. The quantitative estimate of drug-likeness (QED) is 0.735. The standard InChI is InChI=1S/C12H17N3O2/c13-9-2-3-11(10(8-9)12(14)16)15-4-1-6-17-7-5-15/h2-3,8H,1,4-7,13H2,(H2,14,16). The Labute approximate surface area is 100 Å². The van der Waals surface area contributed by atoms with E-state index in [9.17, 15) is 4.79 Å². The number of benzene rings is 1. The predicted molar refractivity (Wildman–Crippen MR) is 67.0 cm³/mol. The summed E-state index contributed by atoms with van der Waals surface area (Å²) in [6, 6.07) is 5.26. The summed E-state index contributed by atoms with van der Waals surface area (Å²) >= 11 is 0. The van der Waals surface area contributed by atoms with Gasteiger partial charge < -0.3 is 21.1 Å². The second-order valence-corrected chi connectivity index (χ2v) is 4.09. The Bertz CT molecular complexity index is 412. The molecule has 0 spiro atoms.